The van der Waals surface area contributed by atoms with Crippen LogP contribution in [0.5, 0.6) is 0 Å². The summed E-state index contributed by atoms with van der Waals surface area (Å²) < 4.78 is 20.8. The highest BCUT2D eigenvalue weighted by Crippen LogP contribution is 2.26. The van der Waals surface area contributed by atoms with Gasteiger partial charge in [-0.2, -0.15) is 0 Å². The van der Waals surface area contributed by atoms with Gasteiger partial charge < -0.3 is 18.9 Å². The molecule has 0 aliphatic rings. The van der Waals surface area contributed by atoms with Crippen LogP contribution in [0.1, 0.15) is 121 Å². The molecule has 0 radical (unpaired) electrons. The van der Waals surface area contributed by atoms with Gasteiger partial charge in [0.25, 0.3) is 0 Å². The van der Waals surface area contributed by atoms with E-state index in [0.717, 1.165) is 25.7 Å². The third kappa shape index (κ3) is 19.9. The van der Waals surface area contributed by atoms with Crippen molar-refractivity contribution < 1.29 is 38.1 Å². The van der Waals surface area contributed by atoms with Gasteiger partial charge in [0.05, 0.1) is 13.2 Å². The Kier molecular flexibility index (Phi) is 16.5. The van der Waals surface area contributed by atoms with Crippen LogP contribution in [-0.2, 0) is 38.1 Å². The van der Waals surface area contributed by atoms with Crippen LogP contribution in [0.4, 0.5) is 0 Å². The Morgan fingerprint density at radius 3 is 1.18 bits per heavy atom. The SMILES string of the molecule is C[C@H](CCOC(=O)[C@H](C)OC(=O)CCCCC(=O)O[C@@H](C)C(=O)OCC[C@H](C)CC(C)(C)C)CC(C)(C)C. The van der Waals surface area contributed by atoms with Gasteiger partial charge in [0.15, 0.2) is 12.2 Å². The molecule has 0 aromatic heterocycles. The predicted molar refractivity (Wildman–Crippen MR) is 147 cm³/mol. The monoisotopic (exact) mass is 542 g/mol. The smallest absolute Gasteiger partial charge is 0.347 e. The molecule has 0 unspecified atom stereocenters. The maximum atomic E-state index is 12.1. The molecule has 0 aliphatic carbocycles. The number of carbonyl (C=O) groups excluding carboxylic acids is 4. The van der Waals surface area contributed by atoms with Crippen LogP contribution in [0.3, 0.4) is 0 Å². The highest BCUT2D eigenvalue weighted by molar-refractivity contribution is 5.79. The summed E-state index contributed by atoms with van der Waals surface area (Å²) in [7, 11) is 0. The molecule has 0 amide bonds. The van der Waals surface area contributed by atoms with Crippen LogP contribution < -0.4 is 0 Å². The Morgan fingerprint density at radius 1 is 0.579 bits per heavy atom. The summed E-state index contributed by atoms with van der Waals surface area (Å²) in [5, 5.41) is 0. The summed E-state index contributed by atoms with van der Waals surface area (Å²) in [5.41, 5.74) is 0.440. The van der Waals surface area contributed by atoms with Gasteiger partial charge in [-0.25, -0.2) is 9.59 Å². The van der Waals surface area contributed by atoms with E-state index in [9.17, 15) is 19.2 Å². The van der Waals surface area contributed by atoms with E-state index >= 15 is 0 Å². The Labute approximate surface area is 230 Å². The van der Waals surface area contributed by atoms with E-state index in [1.54, 1.807) is 0 Å². The summed E-state index contributed by atoms with van der Waals surface area (Å²) >= 11 is 0. The molecule has 4 atom stereocenters. The molecule has 0 N–H and O–H groups in total. The molecule has 0 fully saturated rings. The van der Waals surface area contributed by atoms with Crippen molar-refractivity contribution in [2.45, 2.75) is 133 Å². The molecule has 0 aliphatic heterocycles. The fourth-order valence-electron chi connectivity index (χ4n) is 4.40. The Morgan fingerprint density at radius 2 is 0.895 bits per heavy atom. The lowest BCUT2D eigenvalue weighted by Crippen LogP contribution is -2.27. The van der Waals surface area contributed by atoms with Gasteiger partial charge in [0.1, 0.15) is 0 Å². The first kappa shape index (κ1) is 35.9. The van der Waals surface area contributed by atoms with Gasteiger partial charge in [-0.15, -0.1) is 0 Å². The molecule has 0 bridgehead atoms. The Hall–Kier alpha value is -2.12. The second-order valence-corrected chi connectivity index (χ2v) is 13.1. The van der Waals surface area contributed by atoms with Crippen LogP contribution >= 0.6 is 0 Å². The van der Waals surface area contributed by atoms with Gasteiger partial charge >= 0.3 is 23.9 Å². The van der Waals surface area contributed by atoms with E-state index in [0.29, 0.717) is 37.9 Å². The normalized spacial score (nSPS) is 15.1. The second kappa shape index (κ2) is 17.5. The summed E-state index contributed by atoms with van der Waals surface area (Å²) in [5.74, 6) is -1.33. The van der Waals surface area contributed by atoms with E-state index in [2.05, 4.69) is 55.4 Å². The minimum Gasteiger partial charge on any atom is -0.463 e. The highest BCUT2D eigenvalue weighted by atomic mass is 16.6. The summed E-state index contributed by atoms with van der Waals surface area (Å²) in [6, 6.07) is 0. The summed E-state index contributed by atoms with van der Waals surface area (Å²) in [6.07, 6.45) is 2.54. The van der Waals surface area contributed by atoms with Crippen molar-refractivity contribution in [3.05, 3.63) is 0 Å². The van der Waals surface area contributed by atoms with Crippen molar-refractivity contribution in [2.75, 3.05) is 13.2 Å². The number of hydrogen-bond donors (Lipinski definition) is 0. The maximum Gasteiger partial charge on any atom is 0.347 e. The maximum absolute atomic E-state index is 12.1. The summed E-state index contributed by atoms with van der Waals surface area (Å²) in [6.45, 7) is 20.9. The number of carbonyl (C=O) groups is 4. The minimum atomic E-state index is -0.978. The van der Waals surface area contributed by atoms with Gasteiger partial charge in [-0.05, 0) is 75.0 Å². The number of rotatable bonds is 17. The van der Waals surface area contributed by atoms with Crippen molar-refractivity contribution in [1.29, 1.82) is 0 Å². The highest BCUT2D eigenvalue weighted by Gasteiger charge is 2.22. The molecule has 0 rings (SSSR count). The Bertz CT molecular complexity index is 670. The predicted octanol–water partition coefficient (Wildman–Crippen LogP) is 6.42. The quantitative estimate of drug-likeness (QED) is 0.118. The molecule has 8 heteroatoms. The van der Waals surface area contributed by atoms with Crippen molar-refractivity contribution in [1.82, 2.24) is 0 Å². The number of esters is 4. The molecular weight excluding hydrogens is 488 g/mol. The molecule has 0 heterocycles. The van der Waals surface area contributed by atoms with Gasteiger partial charge in [0, 0.05) is 12.8 Å². The minimum absolute atomic E-state index is 0.0673. The zero-order valence-electron chi connectivity index (χ0n) is 25.6. The fraction of sp³-hybridized carbons (Fsp3) is 0.867. The van der Waals surface area contributed by atoms with E-state index in [-0.39, 0.29) is 23.7 Å². The van der Waals surface area contributed by atoms with Gasteiger partial charge in [0.2, 0.25) is 0 Å². The number of hydrogen-bond acceptors (Lipinski definition) is 8. The van der Waals surface area contributed by atoms with E-state index in [1.807, 2.05) is 0 Å². The molecule has 0 saturated carbocycles. The first-order valence-electron chi connectivity index (χ1n) is 14.1. The molecule has 0 spiro atoms. The average molecular weight is 543 g/mol. The summed E-state index contributed by atoms with van der Waals surface area (Å²) in [4.78, 5) is 48.2. The molecule has 0 aromatic rings. The largest absolute Gasteiger partial charge is 0.463 e. The second-order valence-electron chi connectivity index (χ2n) is 13.1. The molecule has 0 saturated heterocycles. The first-order chi connectivity index (χ1) is 17.4. The van der Waals surface area contributed by atoms with Crippen molar-refractivity contribution >= 4 is 23.9 Å². The van der Waals surface area contributed by atoms with Crippen LogP contribution in [0, 0.1) is 22.7 Å². The number of ether oxygens (including phenoxy) is 4. The molecule has 222 valence electrons. The molecular formula is C30H54O8. The van der Waals surface area contributed by atoms with Crippen molar-refractivity contribution in [2.24, 2.45) is 22.7 Å². The molecule has 8 nitrogen and oxygen atoms in total. The van der Waals surface area contributed by atoms with Gasteiger partial charge in [-0.1, -0.05) is 55.4 Å². The average Bonchev–Trinajstić information content (AvgIpc) is 2.73. The van der Waals surface area contributed by atoms with Crippen LogP contribution in [-0.4, -0.2) is 49.3 Å². The number of unbranched alkanes of at least 4 members (excludes halogenated alkanes) is 1. The van der Waals surface area contributed by atoms with E-state index < -0.39 is 36.1 Å². The van der Waals surface area contributed by atoms with E-state index in [4.69, 9.17) is 18.9 Å². The van der Waals surface area contributed by atoms with Crippen molar-refractivity contribution in [3.8, 4) is 0 Å². The van der Waals surface area contributed by atoms with Crippen LogP contribution in [0.25, 0.3) is 0 Å². The zero-order chi connectivity index (χ0) is 29.5. The van der Waals surface area contributed by atoms with Gasteiger partial charge in [-0.3, -0.25) is 9.59 Å². The third-order valence-electron chi connectivity index (χ3n) is 5.92. The molecule has 0 aromatic carbocycles. The lowest BCUT2D eigenvalue weighted by molar-refractivity contribution is -0.167. The van der Waals surface area contributed by atoms with E-state index in [1.165, 1.54) is 13.8 Å². The first-order valence-corrected chi connectivity index (χ1v) is 14.1. The lowest BCUT2D eigenvalue weighted by atomic mass is 9.84. The lowest BCUT2D eigenvalue weighted by Gasteiger charge is -2.23. The topological polar surface area (TPSA) is 105 Å². The third-order valence-corrected chi connectivity index (χ3v) is 5.92. The van der Waals surface area contributed by atoms with Crippen molar-refractivity contribution in [3.63, 3.8) is 0 Å². The van der Waals surface area contributed by atoms with Crippen LogP contribution in [0.2, 0.25) is 0 Å². The molecule has 38 heavy (non-hydrogen) atoms. The zero-order valence-corrected chi connectivity index (χ0v) is 25.6. The standard InChI is InChI=1S/C30H54O8/c1-21(19-29(5,6)7)15-17-35-27(33)23(3)37-25(31)13-11-12-14-26(32)38-24(4)28(34)36-18-16-22(2)20-30(8,9)10/h21-24H,11-20H2,1-10H3/t21-,22+,23-,24-/m0/s1. The Balaban J connectivity index is 4.05. The van der Waals surface area contributed by atoms with Crippen LogP contribution in [0.15, 0.2) is 0 Å². The fourth-order valence-corrected chi connectivity index (χ4v) is 4.40.